The Morgan fingerprint density at radius 3 is 1.82 bits per heavy atom. The van der Waals surface area contributed by atoms with Crippen molar-refractivity contribution in [2.45, 2.75) is 18.3 Å². The molecule has 8 aromatic rings. The summed E-state index contributed by atoms with van der Waals surface area (Å²) in [6.45, 7) is 17.1. The molecule has 8 aromatic carbocycles. The van der Waals surface area contributed by atoms with E-state index in [1.165, 1.54) is 71.8 Å². The highest BCUT2D eigenvalue weighted by Gasteiger charge is 2.53. The fraction of sp³-hybridized carbons (Fsp3) is 0.0526. The van der Waals surface area contributed by atoms with Crippen LogP contribution in [0.3, 0.4) is 0 Å². The van der Waals surface area contributed by atoms with E-state index in [1.807, 2.05) is 24.3 Å². The monoisotopic (exact) mass is 724 g/mol. The van der Waals surface area contributed by atoms with Crippen molar-refractivity contribution in [2.24, 2.45) is 0 Å². The molecule has 0 saturated carbocycles. The summed E-state index contributed by atoms with van der Waals surface area (Å²) >= 11 is 0. The van der Waals surface area contributed by atoms with E-state index in [4.69, 9.17) is 0 Å². The molecule has 0 atom stereocenters. The van der Waals surface area contributed by atoms with Gasteiger partial charge in [-0.1, -0.05) is 190 Å². The molecule has 11 rings (SSSR count). The van der Waals surface area contributed by atoms with Gasteiger partial charge in [0.2, 0.25) is 0 Å². The van der Waals surface area contributed by atoms with Gasteiger partial charge >= 0.3 is 0 Å². The van der Waals surface area contributed by atoms with E-state index < -0.39 is 5.41 Å². The summed E-state index contributed by atoms with van der Waals surface area (Å²) in [7, 11) is 0. The molecule has 0 aromatic heterocycles. The van der Waals surface area contributed by atoms with Gasteiger partial charge in [0.05, 0.1) is 5.41 Å². The lowest BCUT2D eigenvalue weighted by atomic mass is 9.67. The van der Waals surface area contributed by atoms with Crippen LogP contribution in [0, 0.1) is 0 Å². The first kappa shape index (κ1) is 33.3. The Morgan fingerprint density at radius 1 is 0.474 bits per heavy atom. The van der Waals surface area contributed by atoms with Crippen LogP contribution in [0.1, 0.15) is 62.1 Å². The van der Waals surface area contributed by atoms with Gasteiger partial charge < -0.3 is 0 Å². The average molecular weight is 725 g/mol. The SMILES string of the molecule is C=Cc1cccc(-c2c(C=C)c(C=C)c(-c3ccc4c5c(ccc4c3)-c3ccc4c(c3C53c5ccccc5-c5ccccc53)C=CCC4)c3ccccc23)c1C=C. The van der Waals surface area contributed by atoms with Crippen molar-refractivity contribution in [3.8, 4) is 44.5 Å². The van der Waals surface area contributed by atoms with E-state index in [9.17, 15) is 0 Å². The molecule has 0 saturated heterocycles. The Balaban J connectivity index is 1.22. The third kappa shape index (κ3) is 4.33. The number of fused-ring (bicyclic) bond motifs is 15. The molecule has 0 unspecified atom stereocenters. The molecule has 0 aliphatic heterocycles. The maximum atomic E-state index is 4.41. The first-order valence-corrected chi connectivity index (χ1v) is 20.0. The molecule has 0 amide bonds. The van der Waals surface area contributed by atoms with Crippen LogP contribution in [0.5, 0.6) is 0 Å². The van der Waals surface area contributed by atoms with Crippen molar-refractivity contribution in [2.75, 3.05) is 0 Å². The van der Waals surface area contributed by atoms with Crippen molar-refractivity contribution >= 4 is 51.9 Å². The quantitative estimate of drug-likeness (QED) is 0.160. The van der Waals surface area contributed by atoms with Gasteiger partial charge in [-0.05, 0) is 141 Å². The highest BCUT2D eigenvalue weighted by Crippen LogP contribution is 2.65. The number of hydrogen-bond acceptors (Lipinski definition) is 0. The van der Waals surface area contributed by atoms with Crippen molar-refractivity contribution in [1.82, 2.24) is 0 Å². The molecule has 3 aliphatic rings. The number of benzene rings is 8. The van der Waals surface area contributed by atoms with E-state index in [0.717, 1.165) is 62.7 Å². The molecule has 0 N–H and O–H groups in total. The van der Waals surface area contributed by atoms with Crippen LogP contribution in [0.25, 0.3) is 96.4 Å². The molecule has 0 heteroatoms. The third-order valence-electron chi connectivity index (χ3n) is 13.0. The molecule has 268 valence electrons. The Kier molecular flexibility index (Phi) is 7.31. The first-order chi connectivity index (χ1) is 28.1. The highest BCUT2D eigenvalue weighted by molar-refractivity contribution is 6.14. The van der Waals surface area contributed by atoms with E-state index in [1.54, 1.807) is 0 Å². The molecule has 3 aliphatic carbocycles. The summed E-state index contributed by atoms with van der Waals surface area (Å²) in [5.74, 6) is 0. The number of aryl methyl sites for hydroxylation is 1. The van der Waals surface area contributed by atoms with Crippen LogP contribution in [0.15, 0.2) is 166 Å². The first-order valence-electron chi connectivity index (χ1n) is 20.0. The molecule has 0 bridgehead atoms. The summed E-state index contributed by atoms with van der Waals surface area (Å²) in [5.41, 5.74) is 22.1. The van der Waals surface area contributed by atoms with Gasteiger partial charge in [0.15, 0.2) is 0 Å². The lowest BCUT2D eigenvalue weighted by Gasteiger charge is -2.33. The zero-order valence-electron chi connectivity index (χ0n) is 31.9. The van der Waals surface area contributed by atoms with Crippen molar-refractivity contribution < 1.29 is 0 Å². The second-order valence-electron chi connectivity index (χ2n) is 15.5. The van der Waals surface area contributed by atoms with E-state index >= 15 is 0 Å². The topological polar surface area (TPSA) is 0 Å². The van der Waals surface area contributed by atoms with E-state index in [-0.39, 0.29) is 0 Å². The number of allylic oxidation sites excluding steroid dienone is 1. The van der Waals surface area contributed by atoms with Crippen LogP contribution in [-0.2, 0) is 11.8 Å². The smallest absolute Gasteiger partial charge is 0.0737 e. The largest absolute Gasteiger partial charge is 0.0984 e. The Labute approximate surface area is 334 Å². The number of rotatable bonds is 6. The van der Waals surface area contributed by atoms with Gasteiger partial charge in [0, 0.05) is 0 Å². The average Bonchev–Trinajstić information content (AvgIpc) is 3.75. The predicted molar refractivity (Wildman–Crippen MR) is 246 cm³/mol. The molecule has 0 radical (unpaired) electrons. The predicted octanol–water partition coefficient (Wildman–Crippen LogP) is 15.2. The second-order valence-corrected chi connectivity index (χ2v) is 15.5. The van der Waals surface area contributed by atoms with Gasteiger partial charge in [-0.3, -0.25) is 0 Å². The molecule has 1 spiro atoms. The van der Waals surface area contributed by atoms with Crippen LogP contribution in [-0.4, -0.2) is 0 Å². The van der Waals surface area contributed by atoms with Gasteiger partial charge in [-0.2, -0.15) is 0 Å². The van der Waals surface area contributed by atoms with Crippen LogP contribution in [0.4, 0.5) is 0 Å². The Morgan fingerprint density at radius 2 is 1.11 bits per heavy atom. The lowest BCUT2D eigenvalue weighted by molar-refractivity contribution is 0.793. The molecular formula is C57H40. The van der Waals surface area contributed by atoms with Gasteiger partial charge in [-0.25, -0.2) is 0 Å². The lowest BCUT2D eigenvalue weighted by Crippen LogP contribution is -2.27. The van der Waals surface area contributed by atoms with Gasteiger partial charge in [0.1, 0.15) is 0 Å². The summed E-state index contributed by atoms with van der Waals surface area (Å²) in [5, 5.41) is 4.85. The fourth-order valence-corrected chi connectivity index (χ4v) is 10.9. The molecule has 0 nitrogen and oxygen atoms in total. The summed E-state index contributed by atoms with van der Waals surface area (Å²) in [4.78, 5) is 0. The summed E-state index contributed by atoms with van der Waals surface area (Å²) < 4.78 is 0. The van der Waals surface area contributed by atoms with Crippen LogP contribution in [0.2, 0.25) is 0 Å². The summed E-state index contributed by atoms with van der Waals surface area (Å²) in [6.07, 6.45) is 14.8. The molecular weight excluding hydrogens is 685 g/mol. The minimum atomic E-state index is -0.439. The van der Waals surface area contributed by atoms with Crippen molar-refractivity contribution in [3.05, 3.63) is 221 Å². The maximum absolute atomic E-state index is 4.41. The fourth-order valence-electron chi connectivity index (χ4n) is 10.9. The van der Waals surface area contributed by atoms with Crippen molar-refractivity contribution in [1.29, 1.82) is 0 Å². The zero-order valence-corrected chi connectivity index (χ0v) is 31.9. The van der Waals surface area contributed by atoms with E-state index in [0.29, 0.717) is 0 Å². The van der Waals surface area contributed by atoms with E-state index in [2.05, 4.69) is 172 Å². The van der Waals surface area contributed by atoms with Gasteiger partial charge in [0.25, 0.3) is 0 Å². The Hall–Kier alpha value is -7.02. The van der Waals surface area contributed by atoms with Crippen LogP contribution >= 0.6 is 0 Å². The standard InChI is InChI=1S/C57H40/c1-5-35-19-17-25-46(39(35)6-2)54-41(8-4)40(7-3)53(47-23-11-12-24-48(47)54)38-30-31-43-37(34-38)29-33-50-49-32-28-36-18-9-10-20-42(36)55(49)57(56(43)50)51-26-15-13-21-44(51)45-22-14-16-27-52(45)57/h5-8,10-17,19-34H,1-4,9,18H2. The third-order valence-corrected chi connectivity index (χ3v) is 13.0. The number of hydrogen-bond donors (Lipinski definition) is 0. The Bertz CT molecular complexity index is 3100. The minimum Gasteiger partial charge on any atom is -0.0984 e. The molecule has 0 fully saturated rings. The minimum absolute atomic E-state index is 0.439. The zero-order chi connectivity index (χ0) is 38.4. The summed E-state index contributed by atoms with van der Waals surface area (Å²) in [6, 6.07) is 50.1. The normalized spacial score (nSPS) is 13.8. The van der Waals surface area contributed by atoms with Gasteiger partial charge in [-0.15, -0.1) is 0 Å². The van der Waals surface area contributed by atoms with Crippen LogP contribution < -0.4 is 0 Å². The maximum Gasteiger partial charge on any atom is 0.0737 e. The highest BCUT2D eigenvalue weighted by atomic mass is 14.5. The van der Waals surface area contributed by atoms with Crippen molar-refractivity contribution in [3.63, 3.8) is 0 Å². The molecule has 57 heavy (non-hydrogen) atoms. The molecule has 0 heterocycles. The second kappa shape index (κ2) is 12.5.